The maximum Gasteiger partial charge on any atom is 0.308 e. The predicted octanol–water partition coefficient (Wildman–Crippen LogP) is 3.76. The van der Waals surface area contributed by atoms with Gasteiger partial charge in [-0.05, 0) is 55.5 Å². The van der Waals surface area contributed by atoms with E-state index in [1.54, 1.807) is 30.3 Å². The van der Waals surface area contributed by atoms with E-state index in [1.165, 1.54) is 19.3 Å². The minimum Gasteiger partial charge on any atom is -0.459 e. The van der Waals surface area contributed by atoms with Crippen molar-refractivity contribution in [2.75, 3.05) is 11.9 Å². The van der Waals surface area contributed by atoms with Gasteiger partial charge in [0.2, 0.25) is 0 Å². The van der Waals surface area contributed by atoms with Gasteiger partial charge in [0.25, 0.3) is 11.8 Å². The highest BCUT2D eigenvalue weighted by Gasteiger charge is 2.18. The molecule has 31 heavy (non-hydrogen) atoms. The quantitative estimate of drug-likeness (QED) is 0.509. The molecule has 1 unspecified atom stereocenters. The molecular weight excluding hydrogens is 400 g/mol. The van der Waals surface area contributed by atoms with Gasteiger partial charge in [0, 0.05) is 12.2 Å². The number of rotatable bonds is 9. The Morgan fingerprint density at radius 2 is 1.65 bits per heavy atom. The van der Waals surface area contributed by atoms with E-state index in [0.29, 0.717) is 17.2 Å². The maximum absolute atomic E-state index is 12.3. The number of esters is 1. The molecule has 0 aliphatic rings. The van der Waals surface area contributed by atoms with Crippen LogP contribution in [0, 0.1) is 0 Å². The van der Waals surface area contributed by atoms with Gasteiger partial charge in [0.1, 0.15) is 11.5 Å². The molecule has 1 heterocycles. The van der Waals surface area contributed by atoms with Crippen LogP contribution in [0.15, 0.2) is 77.4 Å². The maximum atomic E-state index is 12.3. The minimum atomic E-state index is -0.992. The number of anilines is 1. The molecule has 3 rings (SSSR count). The Hall–Kier alpha value is -4.07. The van der Waals surface area contributed by atoms with Crippen LogP contribution in [0.2, 0.25) is 0 Å². The molecule has 2 N–H and O–H groups in total. The number of amides is 2. The van der Waals surface area contributed by atoms with Crippen LogP contribution in [-0.2, 0) is 14.3 Å². The summed E-state index contributed by atoms with van der Waals surface area (Å²) in [5, 5.41) is 5.21. The van der Waals surface area contributed by atoms with E-state index in [2.05, 4.69) is 10.6 Å². The molecule has 1 atom stereocenters. The fourth-order valence-corrected chi connectivity index (χ4v) is 2.56. The minimum absolute atomic E-state index is 0.0651. The van der Waals surface area contributed by atoms with Gasteiger partial charge in [-0.1, -0.05) is 18.2 Å². The van der Waals surface area contributed by atoms with Gasteiger partial charge < -0.3 is 24.5 Å². The summed E-state index contributed by atoms with van der Waals surface area (Å²) >= 11 is 0. The van der Waals surface area contributed by atoms with E-state index in [-0.39, 0.29) is 18.7 Å². The third-order valence-corrected chi connectivity index (χ3v) is 4.14. The van der Waals surface area contributed by atoms with E-state index in [0.717, 1.165) is 0 Å². The molecule has 0 saturated carbocycles. The number of nitrogens with one attached hydrogen (secondary N) is 2. The molecule has 1 aromatic heterocycles. The van der Waals surface area contributed by atoms with Gasteiger partial charge in [-0.2, -0.15) is 0 Å². The zero-order valence-corrected chi connectivity index (χ0v) is 16.9. The largest absolute Gasteiger partial charge is 0.459 e. The first-order valence-corrected chi connectivity index (χ1v) is 9.66. The fourth-order valence-electron chi connectivity index (χ4n) is 2.56. The molecule has 0 fully saturated rings. The van der Waals surface area contributed by atoms with Crippen LogP contribution < -0.4 is 15.4 Å². The number of carbonyl (C=O) groups is 3. The molecular formula is C23H22N2O6. The van der Waals surface area contributed by atoms with Crippen molar-refractivity contribution in [3.63, 3.8) is 0 Å². The lowest BCUT2D eigenvalue weighted by atomic mass is 10.2. The summed E-state index contributed by atoms with van der Waals surface area (Å²) in [4.78, 5) is 35.9. The van der Waals surface area contributed by atoms with E-state index >= 15 is 0 Å². The zero-order chi connectivity index (χ0) is 22.1. The Balaban J connectivity index is 1.40. The number of para-hydroxylation sites is 1. The van der Waals surface area contributed by atoms with Crippen LogP contribution in [0.25, 0.3) is 0 Å². The highest BCUT2D eigenvalue weighted by atomic mass is 16.5. The number of benzene rings is 2. The molecule has 2 amide bonds. The van der Waals surface area contributed by atoms with E-state index in [9.17, 15) is 14.4 Å². The Morgan fingerprint density at radius 1 is 0.935 bits per heavy atom. The van der Waals surface area contributed by atoms with Gasteiger partial charge in [-0.15, -0.1) is 0 Å². The van der Waals surface area contributed by atoms with Crippen molar-refractivity contribution in [2.45, 2.75) is 19.4 Å². The Morgan fingerprint density at radius 3 is 2.32 bits per heavy atom. The second-order valence-corrected chi connectivity index (χ2v) is 6.54. The van der Waals surface area contributed by atoms with Crippen LogP contribution in [0.3, 0.4) is 0 Å². The molecule has 0 saturated heterocycles. The van der Waals surface area contributed by atoms with Gasteiger partial charge >= 0.3 is 5.97 Å². The highest BCUT2D eigenvalue weighted by molar-refractivity contribution is 5.95. The van der Waals surface area contributed by atoms with Gasteiger partial charge in [0.05, 0.1) is 12.7 Å². The summed E-state index contributed by atoms with van der Waals surface area (Å²) in [7, 11) is 0. The Kier molecular flexibility index (Phi) is 7.42. The number of furan rings is 1. The lowest BCUT2D eigenvalue weighted by molar-refractivity contribution is -0.153. The van der Waals surface area contributed by atoms with Crippen molar-refractivity contribution in [1.29, 1.82) is 0 Å². The van der Waals surface area contributed by atoms with E-state index in [4.69, 9.17) is 13.9 Å². The molecule has 8 nitrogen and oxygen atoms in total. The second kappa shape index (κ2) is 10.6. The Labute approximate surface area is 179 Å². The van der Waals surface area contributed by atoms with Crippen LogP contribution in [-0.4, -0.2) is 30.4 Å². The third kappa shape index (κ3) is 6.74. The molecule has 0 radical (unpaired) electrons. The summed E-state index contributed by atoms with van der Waals surface area (Å²) in [5.74, 6) is -0.0104. The zero-order valence-electron chi connectivity index (χ0n) is 16.9. The van der Waals surface area contributed by atoms with Crippen LogP contribution in [0.1, 0.15) is 23.9 Å². The van der Waals surface area contributed by atoms with Crippen molar-refractivity contribution in [3.8, 4) is 11.5 Å². The number of hydrogen-bond acceptors (Lipinski definition) is 6. The normalized spacial score (nSPS) is 11.3. The summed E-state index contributed by atoms with van der Waals surface area (Å²) in [6, 6.07) is 19.3. The van der Waals surface area contributed by atoms with Crippen molar-refractivity contribution < 1.29 is 28.3 Å². The van der Waals surface area contributed by atoms with Crippen LogP contribution >= 0.6 is 0 Å². The first-order valence-electron chi connectivity index (χ1n) is 9.66. The molecule has 3 aromatic rings. The van der Waals surface area contributed by atoms with Crippen molar-refractivity contribution in [3.05, 3.63) is 78.8 Å². The van der Waals surface area contributed by atoms with Crippen molar-refractivity contribution >= 4 is 23.5 Å². The monoisotopic (exact) mass is 422 g/mol. The summed E-state index contributed by atoms with van der Waals surface area (Å²) in [6.45, 7) is 1.54. The SMILES string of the molecule is CC(OC(=O)CCNC(=O)c1ccco1)C(=O)Nc1ccc(Oc2ccccc2)cc1. The summed E-state index contributed by atoms with van der Waals surface area (Å²) < 4.78 is 15.8. The average molecular weight is 422 g/mol. The van der Waals surface area contributed by atoms with E-state index < -0.39 is 23.9 Å². The van der Waals surface area contributed by atoms with Gasteiger partial charge in [-0.3, -0.25) is 14.4 Å². The van der Waals surface area contributed by atoms with Crippen LogP contribution in [0.4, 0.5) is 5.69 Å². The van der Waals surface area contributed by atoms with Crippen molar-refractivity contribution in [2.24, 2.45) is 0 Å². The van der Waals surface area contributed by atoms with Gasteiger partial charge in [0.15, 0.2) is 11.9 Å². The molecule has 2 aromatic carbocycles. The second-order valence-electron chi connectivity index (χ2n) is 6.54. The number of ether oxygens (including phenoxy) is 2. The lowest BCUT2D eigenvalue weighted by Crippen LogP contribution is -2.32. The first-order chi connectivity index (χ1) is 15.0. The molecule has 0 aliphatic heterocycles. The molecule has 160 valence electrons. The third-order valence-electron chi connectivity index (χ3n) is 4.14. The highest BCUT2D eigenvalue weighted by Crippen LogP contribution is 2.22. The van der Waals surface area contributed by atoms with Gasteiger partial charge in [-0.25, -0.2) is 0 Å². The van der Waals surface area contributed by atoms with Crippen molar-refractivity contribution in [1.82, 2.24) is 5.32 Å². The first kappa shape index (κ1) is 21.6. The fraction of sp³-hybridized carbons (Fsp3) is 0.174. The predicted molar refractivity (Wildman–Crippen MR) is 113 cm³/mol. The molecule has 0 spiro atoms. The molecule has 0 bridgehead atoms. The molecule has 8 heteroatoms. The summed E-state index contributed by atoms with van der Waals surface area (Å²) in [5.41, 5.74) is 0.541. The molecule has 0 aliphatic carbocycles. The lowest BCUT2D eigenvalue weighted by Gasteiger charge is -2.14. The topological polar surface area (TPSA) is 107 Å². The Bertz CT molecular complexity index is 1000. The standard InChI is InChI=1S/C23H22N2O6/c1-16(30-21(26)13-14-24-23(28)20-8-5-15-29-20)22(27)25-17-9-11-19(12-10-17)31-18-6-3-2-4-7-18/h2-12,15-16H,13-14H2,1H3,(H,24,28)(H,25,27). The smallest absolute Gasteiger partial charge is 0.308 e. The van der Waals surface area contributed by atoms with Crippen LogP contribution in [0.5, 0.6) is 11.5 Å². The average Bonchev–Trinajstić information content (AvgIpc) is 3.31. The number of hydrogen-bond donors (Lipinski definition) is 2. The summed E-state index contributed by atoms with van der Waals surface area (Å²) in [6.07, 6.45) is 0.316. The van der Waals surface area contributed by atoms with E-state index in [1.807, 2.05) is 30.3 Å². The number of carbonyl (C=O) groups excluding carboxylic acids is 3.